The fourth-order valence-electron chi connectivity index (χ4n) is 3.21. The molecule has 0 heterocycles. The van der Waals surface area contributed by atoms with E-state index in [0.29, 0.717) is 6.42 Å². The Morgan fingerprint density at radius 3 is 2.31 bits per heavy atom. The third kappa shape index (κ3) is 8.03. The summed E-state index contributed by atoms with van der Waals surface area (Å²) >= 11 is 3.36. The van der Waals surface area contributed by atoms with E-state index in [9.17, 15) is 28.1 Å². The first-order valence-corrected chi connectivity index (χ1v) is 13.5. The number of nitrogens with one attached hydrogen (secondary N) is 1. The van der Waals surface area contributed by atoms with Crippen molar-refractivity contribution in [1.82, 2.24) is 10.2 Å². The van der Waals surface area contributed by atoms with Gasteiger partial charge >= 0.3 is 0 Å². The van der Waals surface area contributed by atoms with Gasteiger partial charge in [-0.2, -0.15) is 0 Å². The molecule has 10 nitrogen and oxygen atoms in total. The molecule has 0 aliphatic heterocycles. The third-order valence-electron chi connectivity index (χ3n) is 5.44. The van der Waals surface area contributed by atoms with Crippen molar-refractivity contribution in [2.75, 3.05) is 17.1 Å². The molecule has 0 radical (unpaired) electrons. The molecule has 0 spiro atoms. The Balaban J connectivity index is 2.41. The van der Waals surface area contributed by atoms with Crippen molar-refractivity contribution in [1.29, 1.82) is 0 Å². The molecule has 0 aliphatic carbocycles. The second-order valence-corrected chi connectivity index (χ2v) is 11.0. The Bertz CT molecular complexity index is 1170. The number of hydrogen-bond donors (Lipinski definition) is 1. The van der Waals surface area contributed by atoms with Gasteiger partial charge in [0.05, 0.1) is 16.9 Å². The van der Waals surface area contributed by atoms with Crippen molar-refractivity contribution < 1.29 is 22.9 Å². The quantitative estimate of drug-likeness (QED) is 0.326. The first-order chi connectivity index (χ1) is 16.3. The molecule has 12 heteroatoms. The number of anilines is 1. The van der Waals surface area contributed by atoms with Crippen molar-refractivity contribution >= 4 is 49.1 Å². The number of non-ortho nitro benzene ring substituents is 1. The van der Waals surface area contributed by atoms with E-state index in [1.807, 2.05) is 13.8 Å². The molecule has 2 rings (SSSR count). The normalized spacial score (nSPS) is 12.9. The van der Waals surface area contributed by atoms with E-state index in [4.69, 9.17) is 0 Å². The van der Waals surface area contributed by atoms with Gasteiger partial charge in [0.1, 0.15) is 12.6 Å². The van der Waals surface area contributed by atoms with Crippen LogP contribution >= 0.6 is 15.9 Å². The van der Waals surface area contributed by atoms with Crippen LogP contribution in [0.15, 0.2) is 53.0 Å². The Hall–Kier alpha value is -2.99. The fraction of sp³-hybridized carbons (Fsp3) is 0.391. The van der Waals surface area contributed by atoms with Crippen LogP contribution in [0.25, 0.3) is 0 Å². The lowest BCUT2D eigenvalue weighted by Crippen LogP contribution is -2.52. The molecule has 2 aromatic rings. The molecule has 0 saturated heterocycles. The number of sulfonamides is 1. The minimum atomic E-state index is -3.98. The number of nitro benzene ring substituents is 1. The van der Waals surface area contributed by atoms with Gasteiger partial charge in [0.15, 0.2) is 0 Å². The third-order valence-corrected chi connectivity index (χ3v) is 7.11. The first kappa shape index (κ1) is 28.2. The molecule has 2 amide bonds. The van der Waals surface area contributed by atoms with E-state index in [-0.39, 0.29) is 29.9 Å². The van der Waals surface area contributed by atoms with Gasteiger partial charge < -0.3 is 10.2 Å². The van der Waals surface area contributed by atoms with Gasteiger partial charge in [0, 0.05) is 29.2 Å². The number of benzene rings is 2. The minimum absolute atomic E-state index is 0.0182. The topological polar surface area (TPSA) is 130 Å². The molecule has 35 heavy (non-hydrogen) atoms. The van der Waals surface area contributed by atoms with Crippen LogP contribution in [0.4, 0.5) is 11.4 Å². The zero-order valence-electron chi connectivity index (χ0n) is 20.0. The summed E-state index contributed by atoms with van der Waals surface area (Å²) in [5.74, 6) is -0.997. The lowest BCUT2D eigenvalue weighted by atomic mass is 10.1. The van der Waals surface area contributed by atoms with Gasteiger partial charge in [-0.1, -0.05) is 41.1 Å². The average molecular weight is 569 g/mol. The SMILES string of the molecule is CC[C@@H](C)NC(=O)[C@@H](C)N(Cc1ccc(Br)cc1)C(=O)CN(c1cccc([N+](=O)[O-])c1)S(C)(=O)=O. The molecule has 0 aromatic heterocycles. The summed E-state index contributed by atoms with van der Waals surface area (Å²) in [6, 6.07) is 11.2. The van der Waals surface area contributed by atoms with Crippen LogP contribution in [0.3, 0.4) is 0 Å². The molecule has 0 saturated carbocycles. The van der Waals surface area contributed by atoms with Crippen LogP contribution < -0.4 is 9.62 Å². The van der Waals surface area contributed by atoms with Crippen molar-refractivity contribution in [3.05, 3.63) is 68.7 Å². The smallest absolute Gasteiger partial charge is 0.271 e. The molecular formula is C23H29BrN4O6S. The van der Waals surface area contributed by atoms with Crippen LogP contribution in [0.1, 0.15) is 32.8 Å². The highest BCUT2D eigenvalue weighted by Gasteiger charge is 2.30. The number of carbonyl (C=O) groups excluding carboxylic acids is 2. The molecule has 2 aromatic carbocycles. The van der Waals surface area contributed by atoms with Crippen molar-refractivity contribution in [2.24, 2.45) is 0 Å². The maximum atomic E-state index is 13.5. The lowest BCUT2D eigenvalue weighted by Gasteiger charge is -2.32. The van der Waals surface area contributed by atoms with E-state index in [1.54, 1.807) is 31.2 Å². The zero-order valence-corrected chi connectivity index (χ0v) is 22.4. The summed E-state index contributed by atoms with van der Waals surface area (Å²) in [6.07, 6.45) is 1.62. The zero-order chi connectivity index (χ0) is 26.3. The summed E-state index contributed by atoms with van der Waals surface area (Å²) in [6.45, 7) is 4.78. The molecule has 2 atom stereocenters. The largest absolute Gasteiger partial charge is 0.352 e. The second-order valence-electron chi connectivity index (χ2n) is 8.19. The van der Waals surface area contributed by atoms with E-state index >= 15 is 0 Å². The Labute approximate surface area is 213 Å². The second kappa shape index (κ2) is 12.1. The highest BCUT2D eigenvalue weighted by Crippen LogP contribution is 2.24. The number of hydrogen-bond acceptors (Lipinski definition) is 6. The first-order valence-electron chi connectivity index (χ1n) is 10.9. The van der Waals surface area contributed by atoms with E-state index in [2.05, 4.69) is 21.2 Å². The number of amides is 2. The van der Waals surface area contributed by atoms with Gasteiger partial charge in [-0.15, -0.1) is 0 Å². The summed E-state index contributed by atoms with van der Waals surface area (Å²) in [4.78, 5) is 38.1. The highest BCUT2D eigenvalue weighted by molar-refractivity contribution is 9.10. The van der Waals surface area contributed by atoms with Crippen LogP contribution in [-0.2, 0) is 26.2 Å². The molecule has 0 bridgehead atoms. The predicted molar refractivity (Wildman–Crippen MR) is 137 cm³/mol. The van der Waals surface area contributed by atoms with E-state index in [1.165, 1.54) is 23.1 Å². The molecule has 0 aliphatic rings. The summed E-state index contributed by atoms with van der Waals surface area (Å²) in [5, 5.41) is 14.0. The Morgan fingerprint density at radius 2 is 1.77 bits per heavy atom. The van der Waals surface area contributed by atoms with Gasteiger partial charge in [0.25, 0.3) is 5.69 Å². The van der Waals surface area contributed by atoms with Crippen LogP contribution in [-0.4, -0.2) is 54.9 Å². The maximum Gasteiger partial charge on any atom is 0.271 e. The molecular weight excluding hydrogens is 540 g/mol. The summed E-state index contributed by atoms with van der Waals surface area (Å²) < 4.78 is 26.8. The maximum absolute atomic E-state index is 13.5. The number of rotatable bonds is 11. The number of nitro groups is 1. The Kier molecular flexibility index (Phi) is 9.78. The minimum Gasteiger partial charge on any atom is -0.352 e. The van der Waals surface area contributed by atoms with Gasteiger partial charge in [-0.25, -0.2) is 8.42 Å². The van der Waals surface area contributed by atoms with Gasteiger partial charge in [-0.05, 0) is 44.0 Å². The molecule has 1 N–H and O–H groups in total. The number of halogens is 1. The highest BCUT2D eigenvalue weighted by atomic mass is 79.9. The van der Waals surface area contributed by atoms with Crippen molar-refractivity contribution in [3.8, 4) is 0 Å². The van der Waals surface area contributed by atoms with Gasteiger partial charge in [0.2, 0.25) is 21.8 Å². The van der Waals surface area contributed by atoms with Crippen LogP contribution in [0, 0.1) is 10.1 Å². The average Bonchev–Trinajstić information content (AvgIpc) is 2.80. The Morgan fingerprint density at radius 1 is 1.14 bits per heavy atom. The van der Waals surface area contributed by atoms with Crippen LogP contribution in [0.5, 0.6) is 0 Å². The van der Waals surface area contributed by atoms with Crippen molar-refractivity contribution in [2.45, 2.75) is 45.8 Å². The lowest BCUT2D eigenvalue weighted by molar-refractivity contribution is -0.384. The monoisotopic (exact) mass is 568 g/mol. The fourth-order valence-corrected chi connectivity index (χ4v) is 4.32. The molecule has 190 valence electrons. The van der Waals surface area contributed by atoms with E-state index in [0.717, 1.165) is 26.7 Å². The van der Waals surface area contributed by atoms with Crippen LogP contribution in [0.2, 0.25) is 0 Å². The van der Waals surface area contributed by atoms with Gasteiger partial charge in [-0.3, -0.25) is 24.0 Å². The van der Waals surface area contributed by atoms with E-state index < -0.39 is 33.4 Å². The molecule has 0 unspecified atom stereocenters. The van der Waals surface area contributed by atoms with Crippen molar-refractivity contribution in [3.63, 3.8) is 0 Å². The summed E-state index contributed by atoms with van der Waals surface area (Å²) in [7, 11) is -3.98. The summed E-state index contributed by atoms with van der Waals surface area (Å²) in [5.41, 5.74) is 0.415. The standard InChI is InChI=1S/C23H29BrN4O6S/c1-5-16(2)25-23(30)17(3)26(14-18-9-11-19(24)12-10-18)22(29)15-27(35(4,33)34)20-7-6-8-21(13-20)28(31)32/h6-13,16-17H,5,14-15H2,1-4H3,(H,25,30)/t16-,17-/m1/s1. The molecule has 0 fully saturated rings. The predicted octanol–water partition coefficient (Wildman–Crippen LogP) is 3.46. The number of nitrogens with zero attached hydrogens (tertiary/aromatic N) is 3. The number of carbonyl (C=O) groups is 2.